The van der Waals surface area contributed by atoms with Crippen molar-refractivity contribution in [3.05, 3.63) is 66.1 Å². The van der Waals surface area contributed by atoms with E-state index in [4.69, 9.17) is 14.5 Å². The van der Waals surface area contributed by atoms with E-state index in [0.717, 1.165) is 5.56 Å². The van der Waals surface area contributed by atoms with E-state index in [1.807, 2.05) is 34.9 Å². The molecule has 3 aromatic rings. The van der Waals surface area contributed by atoms with Crippen molar-refractivity contribution in [2.75, 3.05) is 6.61 Å². The van der Waals surface area contributed by atoms with Crippen molar-refractivity contribution in [3.8, 4) is 45.5 Å². The highest BCUT2D eigenvalue weighted by atomic mass is 32.2. The van der Waals surface area contributed by atoms with Crippen LogP contribution in [0.2, 0.25) is 0 Å². The molecule has 1 atom stereocenters. The van der Waals surface area contributed by atoms with Crippen LogP contribution in [-0.4, -0.2) is 61.5 Å². The number of hydrogen-bond acceptors (Lipinski definition) is 7. The standard InChI is InChI=1S/C30H29F4N7O4S/c1-30(10-11-30)46(42,43)38-18-14-41-28(44-16-18)22(24(36-41)25(31)32)23-21(20-15-39(2)37-27(20)45-29(33)34)19-9-6-12-40(26(19)35-23)13-17-7-4-3-5-8-17/h3-9,12,15,18,25,29,38H,10-11,13-14,16H2,1-2H3/t18-/m0/s1. The lowest BCUT2D eigenvalue weighted by Crippen LogP contribution is -2.48. The third-order valence-electron chi connectivity index (χ3n) is 8.34. The molecule has 4 aliphatic rings. The Balaban J connectivity index is 1.39. The molecule has 1 saturated carbocycles. The van der Waals surface area contributed by atoms with Gasteiger partial charge >= 0.3 is 6.61 Å². The van der Waals surface area contributed by atoms with Gasteiger partial charge in [-0.1, -0.05) is 30.3 Å². The summed E-state index contributed by atoms with van der Waals surface area (Å²) in [7, 11) is -2.16. The molecule has 0 saturated heterocycles. The van der Waals surface area contributed by atoms with E-state index >= 15 is 0 Å². The number of fused-ring (bicyclic) bond motifs is 2. The molecule has 0 amide bonds. The zero-order chi connectivity index (χ0) is 32.4. The molecule has 0 unspecified atom stereocenters. The van der Waals surface area contributed by atoms with E-state index in [2.05, 4.69) is 14.9 Å². The van der Waals surface area contributed by atoms with Gasteiger partial charge in [-0.3, -0.25) is 4.68 Å². The number of benzene rings is 1. The summed E-state index contributed by atoms with van der Waals surface area (Å²) in [6.45, 7) is -1.38. The van der Waals surface area contributed by atoms with Gasteiger partial charge in [-0.25, -0.2) is 31.6 Å². The Morgan fingerprint density at radius 2 is 1.83 bits per heavy atom. The van der Waals surface area contributed by atoms with Gasteiger partial charge in [0.2, 0.25) is 21.8 Å². The number of rotatable bonds is 10. The van der Waals surface area contributed by atoms with Gasteiger partial charge < -0.3 is 14.0 Å². The largest absolute Gasteiger partial charge is 0.476 e. The highest BCUT2D eigenvalue weighted by molar-refractivity contribution is 7.91. The minimum atomic E-state index is -3.68. The van der Waals surface area contributed by atoms with Gasteiger partial charge in [0.25, 0.3) is 6.43 Å². The normalized spacial score (nSPS) is 17.4. The van der Waals surface area contributed by atoms with Crippen molar-refractivity contribution in [1.82, 2.24) is 33.8 Å². The van der Waals surface area contributed by atoms with Gasteiger partial charge in [-0.05, 0) is 37.5 Å². The number of alkyl halides is 4. The Morgan fingerprint density at radius 1 is 1.07 bits per heavy atom. The van der Waals surface area contributed by atoms with E-state index in [0.29, 0.717) is 30.8 Å². The maximum Gasteiger partial charge on any atom is 0.388 e. The molecule has 1 N–H and O–H groups in total. The second-order valence-electron chi connectivity index (χ2n) is 11.7. The van der Waals surface area contributed by atoms with E-state index in [-0.39, 0.29) is 41.4 Å². The lowest BCUT2D eigenvalue weighted by molar-refractivity contribution is -0.0527. The van der Waals surface area contributed by atoms with E-state index in [1.54, 1.807) is 25.3 Å². The number of nitrogens with one attached hydrogen (secondary N) is 1. The van der Waals surface area contributed by atoms with Crippen molar-refractivity contribution in [2.45, 2.75) is 56.7 Å². The van der Waals surface area contributed by atoms with Crippen molar-refractivity contribution in [1.29, 1.82) is 0 Å². The Morgan fingerprint density at radius 3 is 2.52 bits per heavy atom. The van der Waals surface area contributed by atoms with Gasteiger partial charge in [-0.15, -0.1) is 5.10 Å². The van der Waals surface area contributed by atoms with Crippen LogP contribution in [0.25, 0.3) is 33.8 Å². The summed E-state index contributed by atoms with van der Waals surface area (Å²) < 4.78 is 99.0. The van der Waals surface area contributed by atoms with Crippen LogP contribution in [0.4, 0.5) is 17.6 Å². The van der Waals surface area contributed by atoms with E-state index in [1.165, 1.54) is 22.6 Å². The topological polar surface area (TPSA) is 118 Å². The fourth-order valence-corrected chi connectivity index (χ4v) is 7.26. The molecule has 16 heteroatoms. The summed E-state index contributed by atoms with van der Waals surface area (Å²) in [5.74, 6) is -0.0557. The zero-order valence-corrected chi connectivity index (χ0v) is 25.5. The Bertz CT molecular complexity index is 1990. The predicted octanol–water partition coefficient (Wildman–Crippen LogP) is 5.07. The predicted molar refractivity (Wildman–Crippen MR) is 158 cm³/mol. The summed E-state index contributed by atoms with van der Waals surface area (Å²) in [5, 5.41) is 8.20. The average Bonchev–Trinajstić information content (AvgIpc) is 3.32. The molecule has 1 fully saturated rings. The molecular weight excluding hydrogens is 630 g/mol. The van der Waals surface area contributed by atoms with Crippen molar-refractivity contribution in [3.63, 3.8) is 0 Å². The number of ether oxygens (including phenoxy) is 2. The van der Waals surface area contributed by atoms with Gasteiger partial charge in [0.05, 0.1) is 34.2 Å². The first-order chi connectivity index (χ1) is 21.9. The second-order valence-corrected chi connectivity index (χ2v) is 13.9. The molecule has 11 nitrogen and oxygen atoms in total. The number of aryl methyl sites for hydroxylation is 1. The van der Waals surface area contributed by atoms with E-state index in [9.17, 15) is 26.0 Å². The highest BCUT2D eigenvalue weighted by Gasteiger charge is 2.51. The van der Waals surface area contributed by atoms with Gasteiger partial charge in [0, 0.05) is 37.1 Å². The third-order valence-corrected chi connectivity index (χ3v) is 10.7. The van der Waals surface area contributed by atoms with Gasteiger partial charge in [0.1, 0.15) is 18.1 Å². The first-order valence-electron chi connectivity index (χ1n) is 14.5. The minimum absolute atomic E-state index is 0.0104. The smallest absolute Gasteiger partial charge is 0.388 e. The molecule has 3 aliphatic heterocycles. The lowest BCUT2D eigenvalue weighted by atomic mass is 9.98. The number of pyridine rings is 1. The maximum absolute atomic E-state index is 14.7. The highest BCUT2D eigenvalue weighted by Crippen LogP contribution is 2.50. The second kappa shape index (κ2) is 11.1. The number of sulfonamides is 1. The fraction of sp³-hybridized carbons (Fsp3) is 0.367. The van der Waals surface area contributed by atoms with Crippen LogP contribution in [0.5, 0.6) is 11.8 Å². The Hall–Kier alpha value is -4.44. The minimum Gasteiger partial charge on any atom is -0.476 e. The van der Waals surface area contributed by atoms with Crippen LogP contribution >= 0.6 is 0 Å². The molecule has 7 rings (SSSR count). The summed E-state index contributed by atoms with van der Waals surface area (Å²) >= 11 is 0. The number of hydrogen-bond donors (Lipinski definition) is 1. The van der Waals surface area contributed by atoms with Crippen LogP contribution in [0.15, 0.2) is 54.9 Å². The van der Waals surface area contributed by atoms with Crippen LogP contribution in [0.1, 0.15) is 37.4 Å². The first-order valence-corrected chi connectivity index (χ1v) is 16.0. The van der Waals surface area contributed by atoms with Crippen LogP contribution in [-0.2, 0) is 30.2 Å². The first kappa shape index (κ1) is 30.2. The molecule has 1 aliphatic carbocycles. The average molecular weight is 660 g/mol. The van der Waals surface area contributed by atoms with Gasteiger partial charge in [0.15, 0.2) is 0 Å². The number of nitrogens with zero attached hydrogens (tertiary/aromatic N) is 6. The monoisotopic (exact) mass is 659 g/mol. The van der Waals surface area contributed by atoms with E-state index < -0.39 is 45.4 Å². The summed E-state index contributed by atoms with van der Waals surface area (Å²) in [5.41, 5.74) is 0.989. The number of aromatic nitrogens is 6. The summed E-state index contributed by atoms with van der Waals surface area (Å²) in [6, 6.07) is 12.2. The summed E-state index contributed by atoms with van der Waals surface area (Å²) in [6.07, 6.45) is 1.21. The molecule has 0 spiro atoms. The van der Waals surface area contributed by atoms with Gasteiger partial charge in [-0.2, -0.15) is 13.9 Å². The van der Waals surface area contributed by atoms with Crippen molar-refractivity contribution in [2.24, 2.45) is 7.05 Å². The lowest BCUT2D eigenvalue weighted by Gasteiger charge is -2.26. The Labute approximate surface area is 261 Å². The summed E-state index contributed by atoms with van der Waals surface area (Å²) in [4.78, 5) is 4.83. The van der Waals surface area contributed by atoms with Crippen LogP contribution in [0.3, 0.4) is 0 Å². The molecule has 1 aromatic carbocycles. The molecular formula is C30H29F4N7O4S. The number of halogens is 4. The molecule has 2 aromatic heterocycles. The quantitative estimate of drug-likeness (QED) is 0.208. The Kier molecular flexibility index (Phi) is 7.31. The maximum atomic E-state index is 14.7. The van der Waals surface area contributed by atoms with Crippen LogP contribution in [0, 0.1) is 0 Å². The van der Waals surface area contributed by atoms with Crippen molar-refractivity contribution < 1.29 is 35.5 Å². The molecule has 5 heterocycles. The fourth-order valence-electron chi connectivity index (χ4n) is 5.75. The van der Waals surface area contributed by atoms with Crippen LogP contribution < -0.4 is 14.2 Å². The SMILES string of the molecule is Cn1cc(-c2c3cccn(Cc4ccccc4)c-3nc2-c2c(C(F)F)nn3c2OC[C@@H](NS(=O)(=O)C2(C)CC2)C3)c(OC(F)F)n1. The molecule has 46 heavy (non-hydrogen) atoms. The zero-order valence-electron chi connectivity index (χ0n) is 24.7. The molecule has 0 bridgehead atoms. The molecule has 0 radical (unpaired) electrons. The van der Waals surface area contributed by atoms with Crippen molar-refractivity contribution >= 4 is 10.0 Å². The third kappa shape index (κ3) is 5.28. The molecule has 242 valence electrons.